The minimum Gasteiger partial charge on any atom is -0.353 e. The van der Waals surface area contributed by atoms with E-state index in [0.717, 1.165) is 36.2 Å². The van der Waals surface area contributed by atoms with Crippen LogP contribution in [-0.2, 0) is 6.42 Å². The van der Waals surface area contributed by atoms with Gasteiger partial charge in [0, 0.05) is 16.5 Å². The lowest BCUT2D eigenvalue weighted by atomic mass is 9.94. The van der Waals surface area contributed by atoms with E-state index in [1.54, 1.807) is 12.1 Å². The number of hydrazone groups is 1. The summed E-state index contributed by atoms with van der Waals surface area (Å²) in [5, 5.41) is 5.67. The van der Waals surface area contributed by atoms with E-state index in [0.29, 0.717) is 5.56 Å². The summed E-state index contributed by atoms with van der Waals surface area (Å²) in [4.78, 5) is 15.7. The Bertz CT molecular complexity index is 938. The number of benzene rings is 2. The van der Waals surface area contributed by atoms with E-state index >= 15 is 0 Å². The fourth-order valence-corrected chi connectivity index (χ4v) is 3.31. The predicted octanol–water partition coefficient (Wildman–Crippen LogP) is 3.95. The van der Waals surface area contributed by atoms with Crippen LogP contribution in [0.3, 0.4) is 0 Å². The Morgan fingerprint density at radius 3 is 2.79 bits per heavy atom. The molecule has 2 aromatic carbocycles. The summed E-state index contributed by atoms with van der Waals surface area (Å²) >= 11 is 0. The Hall–Kier alpha value is -2.88. The van der Waals surface area contributed by atoms with Crippen LogP contribution in [0.25, 0.3) is 10.9 Å². The molecule has 1 amide bonds. The number of aryl methyl sites for hydroxylation is 2. The van der Waals surface area contributed by atoms with Crippen LogP contribution in [0.2, 0.25) is 0 Å². The quantitative estimate of drug-likeness (QED) is 0.691. The van der Waals surface area contributed by atoms with Crippen molar-refractivity contribution in [2.75, 3.05) is 0 Å². The number of aromatic amines is 1. The van der Waals surface area contributed by atoms with Crippen molar-refractivity contribution in [2.45, 2.75) is 26.2 Å². The van der Waals surface area contributed by atoms with Crippen molar-refractivity contribution in [1.29, 1.82) is 0 Å². The number of carbonyl (C=O) groups excluding carboxylic acids is 1. The summed E-state index contributed by atoms with van der Waals surface area (Å²) in [6, 6.07) is 15.6. The molecule has 0 spiro atoms. The van der Waals surface area contributed by atoms with Gasteiger partial charge in [0.1, 0.15) is 0 Å². The van der Waals surface area contributed by atoms with E-state index in [2.05, 4.69) is 40.6 Å². The number of carbonyl (C=O) groups is 1. The van der Waals surface area contributed by atoms with Crippen LogP contribution in [0.15, 0.2) is 53.6 Å². The third-order valence-electron chi connectivity index (χ3n) is 4.52. The molecule has 4 nitrogen and oxygen atoms in total. The van der Waals surface area contributed by atoms with Gasteiger partial charge >= 0.3 is 0 Å². The SMILES string of the molecule is Cc1ccc2[nH]c3c(c2c1)CCC/C3=N\NC(=O)c1ccccc1. The topological polar surface area (TPSA) is 57.2 Å². The van der Waals surface area contributed by atoms with Crippen molar-refractivity contribution in [2.24, 2.45) is 5.10 Å². The fraction of sp³-hybridized carbons (Fsp3) is 0.200. The fourth-order valence-electron chi connectivity index (χ4n) is 3.31. The zero-order valence-corrected chi connectivity index (χ0v) is 13.6. The lowest BCUT2D eigenvalue weighted by Gasteiger charge is -2.14. The van der Waals surface area contributed by atoms with Crippen molar-refractivity contribution >= 4 is 22.5 Å². The summed E-state index contributed by atoms with van der Waals surface area (Å²) in [5.74, 6) is -0.179. The Balaban J connectivity index is 1.66. The molecule has 1 aromatic heterocycles. The molecule has 0 fully saturated rings. The molecule has 24 heavy (non-hydrogen) atoms. The molecule has 1 aliphatic rings. The summed E-state index contributed by atoms with van der Waals surface area (Å²) in [5.41, 5.74) is 9.00. The third-order valence-corrected chi connectivity index (χ3v) is 4.52. The van der Waals surface area contributed by atoms with E-state index < -0.39 is 0 Å². The summed E-state index contributed by atoms with van der Waals surface area (Å²) in [7, 11) is 0. The Kier molecular flexibility index (Phi) is 3.65. The first-order valence-electron chi connectivity index (χ1n) is 8.26. The smallest absolute Gasteiger partial charge is 0.271 e. The number of nitrogens with zero attached hydrogens (tertiary/aromatic N) is 1. The normalized spacial score (nSPS) is 15.5. The lowest BCUT2D eigenvalue weighted by Crippen LogP contribution is -2.22. The molecule has 4 heteroatoms. The number of rotatable bonds is 2. The minimum absolute atomic E-state index is 0.179. The van der Waals surface area contributed by atoms with Crippen LogP contribution in [0.5, 0.6) is 0 Å². The summed E-state index contributed by atoms with van der Waals surface area (Å²) in [6.07, 6.45) is 2.96. The highest BCUT2D eigenvalue weighted by Crippen LogP contribution is 2.30. The standard InChI is InChI=1S/C20H19N3O/c1-13-10-11-17-16(12-13)15-8-5-9-18(19(15)21-17)22-23-20(24)14-6-3-2-4-7-14/h2-4,6-7,10-12,21H,5,8-9H2,1H3,(H,23,24)/b22-18+. The van der Waals surface area contributed by atoms with Crippen molar-refractivity contribution in [3.8, 4) is 0 Å². The van der Waals surface area contributed by atoms with Crippen LogP contribution in [0.4, 0.5) is 0 Å². The average Bonchev–Trinajstić information content (AvgIpc) is 2.99. The molecule has 0 saturated carbocycles. The van der Waals surface area contributed by atoms with Crippen molar-refractivity contribution in [3.63, 3.8) is 0 Å². The molecule has 0 saturated heterocycles. The number of amides is 1. The van der Waals surface area contributed by atoms with Crippen molar-refractivity contribution < 1.29 is 4.79 Å². The summed E-state index contributed by atoms with van der Waals surface area (Å²) < 4.78 is 0. The molecule has 4 rings (SSSR count). The highest BCUT2D eigenvalue weighted by molar-refractivity contribution is 6.07. The first-order valence-corrected chi connectivity index (χ1v) is 8.26. The van der Waals surface area contributed by atoms with Gasteiger partial charge in [0.2, 0.25) is 0 Å². The molecule has 1 heterocycles. The number of H-pyrrole nitrogens is 1. The molecular weight excluding hydrogens is 298 g/mol. The summed E-state index contributed by atoms with van der Waals surface area (Å²) in [6.45, 7) is 2.11. The van der Waals surface area contributed by atoms with Crippen molar-refractivity contribution in [1.82, 2.24) is 10.4 Å². The molecule has 0 atom stereocenters. The first kappa shape index (κ1) is 14.7. The van der Waals surface area contributed by atoms with Crippen LogP contribution in [0.1, 0.15) is 40.0 Å². The zero-order valence-electron chi connectivity index (χ0n) is 13.6. The molecule has 0 aliphatic heterocycles. The monoisotopic (exact) mass is 317 g/mol. The number of nitrogens with one attached hydrogen (secondary N) is 2. The van der Waals surface area contributed by atoms with Gasteiger partial charge in [-0.15, -0.1) is 0 Å². The third kappa shape index (κ3) is 2.60. The van der Waals surface area contributed by atoms with E-state index in [1.807, 2.05) is 18.2 Å². The Morgan fingerprint density at radius 1 is 1.12 bits per heavy atom. The van der Waals surface area contributed by atoms with Gasteiger partial charge in [-0.05, 0) is 56.0 Å². The Morgan fingerprint density at radius 2 is 1.96 bits per heavy atom. The van der Waals surface area contributed by atoms with E-state index in [-0.39, 0.29) is 5.91 Å². The van der Waals surface area contributed by atoms with Crippen LogP contribution < -0.4 is 5.43 Å². The molecule has 3 aromatic rings. The van der Waals surface area contributed by atoms with Gasteiger partial charge in [0.25, 0.3) is 5.91 Å². The van der Waals surface area contributed by atoms with Gasteiger partial charge in [-0.25, -0.2) is 5.43 Å². The second kappa shape index (κ2) is 5.96. The number of fused-ring (bicyclic) bond motifs is 3. The van der Waals surface area contributed by atoms with Gasteiger partial charge in [0.15, 0.2) is 0 Å². The molecule has 120 valence electrons. The zero-order chi connectivity index (χ0) is 16.5. The number of aromatic nitrogens is 1. The van der Waals surface area contributed by atoms with Crippen molar-refractivity contribution in [3.05, 3.63) is 70.9 Å². The van der Waals surface area contributed by atoms with E-state index in [4.69, 9.17) is 0 Å². The van der Waals surface area contributed by atoms with Gasteiger partial charge in [-0.3, -0.25) is 4.79 Å². The molecule has 0 unspecified atom stereocenters. The molecule has 1 aliphatic carbocycles. The second-order valence-corrected chi connectivity index (χ2v) is 6.25. The predicted molar refractivity (Wildman–Crippen MR) is 96.4 cm³/mol. The molecular formula is C20H19N3O. The van der Waals surface area contributed by atoms with E-state index in [1.165, 1.54) is 16.5 Å². The van der Waals surface area contributed by atoms with Crippen LogP contribution in [0, 0.1) is 6.92 Å². The average molecular weight is 317 g/mol. The van der Waals surface area contributed by atoms with Gasteiger partial charge < -0.3 is 4.98 Å². The van der Waals surface area contributed by atoms with Gasteiger partial charge in [0.05, 0.1) is 11.4 Å². The number of hydrogen-bond donors (Lipinski definition) is 2. The minimum atomic E-state index is -0.179. The van der Waals surface area contributed by atoms with E-state index in [9.17, 15) is 4.79 Å². The largest absolute Gasteiger partial charge is 0.353 e. The van der Waals surface area contributed by atoms with Gasteiger partial charge in [-0.1, -0.05) is 29.8 Å². The maximum Gasteiger partial charge on any atom is 0.271 e. The molecule has 0 bridgehead atoms. The maximum atomic E-state index is 12.2. The number of hydrogen-bond acceptors (Lipinski definition) is 2. The highest BCUT2D eigenvalue weighted by Gasteiger charge is 2.21. The molecule has 0 radical (unpaired) electrons. The van der Waals surface area contributed by atoms with Crippen LogP contribution >= 0.6 is 0 Å². The highest BCUT2D eigenvalue weighted by atomic mass is 16.2. The molecule has 2 N–H and O–H groups in total. The maximum absolute atomic E-state index is 12.2. The Labute approximate surface area is 140 Å². The first-order chi connectivity index (χ1) is 11.7. The van der Waals surface area contributed by atoms with Crippen LogP contribution in [-0.4, -0.2) is 16.6 Å². The second-order valence-electron chi connectivity index (χ2n) is 6.25. The van der Waals surface area contributed by atoms with Gasteiger partial charge in [-0.2, -0.15) is 5.10 Å². The lowest BCUT2D eigenvalue weighted by molar-refractivity contribution is 0.0954.